The van der Waals surface area contributed by atoms with Crippen LogP contribution in [0.1, 0.15) is 62.0 Å². The highest BCUT2D eigenvalue weighted by Crippen LogP contribution is 2.45. The molecule has 1 aliphatic carbocycles. The molecule has 2 bridgehead atoms. The molecule has 166 valence electrons. The Morgan fingerprint density at radius 2 is 1.90 bits per heavy atom. The number of anilines is 2. The number of rotatable bonds is 3. The van der Waals surface area contributed by atoms with Gasteiger partial charge in [0.1, 0.15) is 11.9 Å². The predicted molar refractivity (Wildman–Crippen MR) is 117 cm³/mol. The summed E-state index contributed by atoms with van der Waals surface area (Å²) in [7, 11) is 2.70. The van der Waals surface area contributed by atoms with Crippen LogP contribution in [0.3, 0.4) is 0 Å². The van der Waals surface area contributed by atoms with Crippen molar-refractivity contribution in [3.63, 3.8) is 0 Å². The van der Waals surface area contributed by atoms with Gasteiger partial charge in [-0.05, 0) is 43.9 Å². The zero-order chi connectivity index (χ0) is 22.0. The Morgan fingerprint density at radius 3 is 2.61 bits per heavy atom. The van der Waals surface area contributed by atoms with Crippen molar-refractivity contribution in [1.29, 1.82) is 0 Å². The van der Waals surface area contributed by atoms with Crippen LogP contribution in [0.25, 0.3) is 11.3 Å². The number of aromatic amines is 1. The average Bonchev–Trinajstić information content (AvgIpc) is 3.52. The molecule has 2 aliphatic rings. The lowest BCUT2D eigenvalue weighted by atomic mass is 10.0. The number of fused-ring (bicyclic) bond motifs is 4. The molecule has 2 aromatic rings. The van der Waals surface area contributed by atoms with E-state index in [1.165, 1.54) is 14.2 Å². The number of aromatic nitrogens is 2. The molecule has 1 unspecified atom stereocenters. The quantitative estimate of drug-likeness (QED) is 0.550. The van der Waals surface area contributed by atoms with E-state index in [0.29, 0.717) is 23.7 Å². The van der Waals surface area contributed by atoms with Crippen molar-refractivity contribution in [1.82, 2.24) is 9.97 Å². The second kappa shape index (κ2) is 8.97. The number of carbonyl (C=O) groups is 2. The lowest BCUT2D eigenvalue weighted by Gasteiger charge is -2.21. The molecular formula is C22H29N5O4. The van der Waals surface area contributed by atoms with Gasteiger partial charge in [-0.1, -0.05) is 12.8 Å². The number of imidazole rings is 1. The summed E-state index contributed by atoms with van der Waals surface area (Å²) >= 11 is 0. The van der Waals surface area contributed by atoms with Crippen LogP contribution in [0.4, 0.5) is 16.2 Å². The Hall–Kier alpha value is -3.07. The summed E-state index contributed by atoms with van der Waals surface area (Å²) < 4.78 is 9.73. The Balaban J connectivity index is 1.81. The molecule has 4 rings (SSSR count). The van der Waals surface area contributed by atoms with Crippen LogP contribution < -0.4 is 16.4 Å². The van der Waals surface area contributed by atoms with E-state index in [4.69, 9.17) is 20.2 Å². The largest absolute Gasteiger partial charge is 0.467 e. The van der Waals surface area contributed by atoms with E-state index in [1.807, 2.05) is 6.07 Å². The number of H-pyrrole nitrogens is 1. The summed E-state index contributed by atoms with van der Waals surface area (Å²) in [6.45, 7) is 0. The molecule has 1 saturated carbocycles. The van der Waals surface area contributed by atoms with Gasteiger partial charge in [0, 0.05) is 28.6 Å². The maximum atomic E-state index is 12.5. The first-order chi connectivity index (χ1) is 15.0. The zero-order valence-electron chi connectivity index (χ0n) is 17.9. The van der Waals surface area contributed by atoms with E-state index in [-0.39, 0.29) is 12.0 Å². The van der Waals surface area contributed by atoms with Gasteiger partial charge < -0.3 is 25.5 Å². The Kier molecular flexibility index (Phi) is 6.13. The Bertz CT molecular complexity index is 969. The van der Waals surface area contributed by atoms with Gasteiger partial charge in [-0.15, -0.1) is 0 Å². The van der Waals surface area contributed by atoms with Crippen LogP contribution in [0.5, 0.6) is 0 Å². The summed E-state index contributed by atoms with van der Waals surface area (Å²) in [5.41, 5.74) is 10.4. The van der Waals surface area contributed by atoms with Crippen LogP contribution in [-0.2, 0) is 14.3 Å². The highest BCUT2D eigenvalue weighted by molar-refractivity contribution is 5.90. The number of ether oxygens (including phenoxy) is 2. The van der Waals surface area contributed by atoms with E-state index in [2.05, 4.69) is 15.6 Å². The number of nitrogens with one attached hydrogen (secondary N) is 3. The zero-order valence-corrected chi connectivity index (χ0v) is 17.9. The lowest BCUT2D eigenvalue weighted by molar-refractivity contribution is -0.141. The highest BCUT2D eigenvalue weighted by Gasteiger charge is 2.32. The van der Waals surface area contributed by atoms with Crippen LogP contribution in [0, 0.1) is 0 Å². The SMILES string of the molecule is COC(=O)Nc1ccc2c(c1)N[C@@H](C(=O)OC)CCCCC(N)c1nc-2c(C2CC2)[nH]1. The number of methoxy groups -OCH3 is 2. The Morgan fingerprint density at radius 1 is 1.13 bits per heavy atom. The van der Waals surface area contributed by atoms with Gasteiger partial charge in [0.05, 0.1) is 26.0 Å². The van der Waals surface area contributed by atoms with Gasteiger partial charge in [-0.3, -0.25) is 5.32 Å². The molecular weight excluding hydrogens is 398 g/mol. The van der Waals surface area contributed by atoms with Crippen LogP contribution in [-0.4, -0.2) is 42.3 Å². The number of amides is 1. The summed E-state index contributed by atoms with van der Waals surface area (Å²) in [5, 5.41) is 6.02. The Labute approximate surface area is 181 Å². The fourth-order valence-electron chi connectivity index (χ4n) is 4.00. The third-order valence-electron chi connectivity index (χ3n) is 5.87. The van der Waals surface area contributed by atoms with E-state index < -0.39 is 12.1 Å². The summed E-state index contributed by atoms with van der Waals surface area (Å²) in [6, 6.07) is 4.78. The number of hydrogen-bond acceptors (Lipinski definition) is 7. The molecule has 2 atom stereocenters. The van der Waals surface area contributed by atoms with Gasteiger partial charge in [0.15, 0.2) is 0 Å². The van der Waals surface area contributed by atoms with Crippen LogP contribution in [0.2, 0.25) is 0 Å². The van der Waals surface area contributed by atoms with Crippen LogP contribution in [0.15, 0.2) is 18.2 Å². The number of hydrogen-bond donors (Lipinski definition) is 4. The maximum Gasteiger partial charge on any atom is 0.411 e. The first kappa shape index (κ1) is 21.2. The number of esters is 1. The first-order valence-corrected chi connectivity index (χ1v) is 10.7. The van der Waals surface area contributed by atoms with Crippen LogP contribution >= 0.6 is 0 Å². The number of benzene rings is 1. The van der Waals surface area contributed by atoms with Crippen molar-refractivity contribution in [3.8, 4) is 11.3 Å². The van der Waals surface area contributed by atoms with Gasteiger partial charge in [-0.2, -0.15) is 0 Å². The molecule has 0 radical (unpaired) electrons. The van der Waals surface area contributed by atoms with E-state index in [1.54, 1.807) is 12.1 Å². The highest BCUT2D eigenvalue weighted by atomic mass is 16.5. The van der Waals surface area contributed by atoms with Gasteiger partial charge in [-0.25, -0.2) is 14.6 Å². The van der Waals surface area contributed by atoms with Crippen molar-refractivity contribution in [3.05, 3.63) is 29.7 Å². The lowest BCUT2D eigenvalue weighted by Crippen LogP contribution is -2.31. The molecule has 1 aromatic heterocycles. The molecule has 0 saturated heterocycles. The third kappa shape index (κ3) is 4.66. The minimum absolute atomic E-state index is 0.182. The van der Waals surface area contributed by atoms with E-state index in [9.17, 15) is 9.59 Å². The number of nitrogens with zero attached hydrogens (tertiary/aromatic N) is 1. The molecule has 1 amide bonds. The third-order valence-corrected chi connectivity index (χ3v) is 5.87. The van der Waals surface area contributed by atoms with Crippen molar-refractivity contribution < 1.29 is 19.1 Å². The second-order valence-electron chi connectivity index (χ2n) is 8.15. The first-order valence-electron chi connectivity index (χ1n) is 10.7. The molecule has 1 aliphatic heterocycles. The second-order valence-corrected chi connectivity index (χ2v) is 8.15. The minimum atomic E-state index is -0.565. The maximum absolute atomic E-state index is 12.5. The predicted octanol–water partition coefficient (Wildman–Crippen LogP) is 3.66. The number of nitrogens with two attached hydrogens (primary N) is 1. The van der Waals surface area contributed by atoms with Crippen molar-refractivity contribution in [2.45, 2.75) is 56.5 Å². The topological polar surface area (TPSA) is 131 Å². The summed E-state index contributed by atoms with van der Waals surface area (Å²) in [5.74, 6) is 0.902. The molecule has 31 heavy (non-hydrogen) atoms. The normalized spacial score (nSPS) is 21.0. The fraction of sp³-hybridized carbons (Fsp3) is 0.500. The smallest absolute Gasteiger partial charge is 0.411 e. The molecule has 5 N–H and O–H groups in total. The van der Waals surface area contributed by atoms with Gasteiger partial charge in [0.2, 0.25) is 0 Å². The summed E-state index contributed by atoms with van der Waals surface area (Å²) in [6.07, 6.45) is 4.76. The van der Waals surface area contributed by atoms with Crippen molar-refractivity contribution in [2.24, 2.45) is 5.73 Å². The molecule has 1 fully saturated rings. The van der Waals surface area contributed by atoms with Crippen molar-refractivity contribution >= 4 is 23.4 Å². The minimum Gasteiger partial charge on any atom is -0.467 e. The molecule has 0 spiro atoms. The van der Waals surface area contributed by atoms with E-state index >= 15 is 0 Å². The number of carbonyl (C=O) groups excluding carboxylic acids is 2. The van der Waals surface area contributed by atoms with Gasteiger partial charge >= 0.3 is 12.1 Å². The van der Waals surface area contributed by atoms with E-state index in [0.717, 1.165) is 54.9 Å². The molecule has 9 nitrogen and oxygen atoms in total. The standard InChI is InChI=1S/C22H29N5O4/c1-30-21(28)16-6-4-3-5-15(23)20-26-18(12-7-8-12)19(27-20)14-10-9-13(11-17(14)25-16)24-22(29)31-2/h9-12,15-16,25H,3-8,23H2,1-2H3,(H,24,29)(H,26,27)/t15?,16-/m1/s1. The molecule has 9 heteroatoms. The fourth-order valence-corrected chi connectivity index (χ4v) is 4.00. The average molecular weight is 428 g/mol. The van der Waals surface area contributed by atoms with Gasteiger partial charge in [0.25, 0.3) is 0 Å². The van der Waals surface area contributed by atoms with Crippen molar-refractivity contribution in [2.75, 3.05) is 24.9 Å². The molecule has 1 aromatic carbocycles. The molecule has 2 heterocycles. The summed E-state index contributed by atoms with van der Waals surface area (Å²) in [4.78, 5) is 32.5. The monoisotopic (exact) mass is 427 g/mol.